The van der Waals surface area contributed by atoms with Crippen LogP contribution in [0.2, 0.25) is 0 Å². The molecule has 26 heavy (non-hydrogen) atoms. The van der Waals surface area contributed by atoms with Gasteiger partial charge in [-0.3, -0.25) is 0 Å². The number of benzene rings is 2. The summed E-state index contributed by atoms with van der Waals surface area (Å²) in [4.78, 5) is 2.28. The third-order valence-electron chi connectivity index (χ3n) is 4.61. The molecule has 2 aromatic carbocycles. The normalized spacial score (nSPS) is 13.5. The van der Waals surface area contributed by atoms with Crippen molar-refractivity contribution in [2.75, 3.05) is 30.5 Å². The lowest BCUT2D eigenvalue weighted by atomic mass is 10.1. The number of hydrogen-bond donors (Lipinski definition) is 0. The van der Waals surface area contributed by atoms with Crippen molar-refractivity contribution in [3.8, 4) is 5.88 Å². The molecule has 0 saturated carbocycles. The van der Waals surface area contributed by atoms with Gasteiger partial charge in [-0.1, -0.05) is 42.5 Å². The maximum Gasteiger partial charge on any atom is 0.394 e. The van der Waals surface area contributed by atoms with Crippen LogP contribution in [0.5, 0.6) is 5.88 Å². The fourth-order valence-electron chi connectivity index (χ4n) is 3.35. The molecule has 1 aliphatic heterocycles. The number of rotatable bonds is 6. The Bertz CT molecular complexity index is 886. The third kappa shape index (κ3) is 3.48. The SMILES string of the molecule is ClCCN1CCOc2c1cc1ccccc1[n+]2COCc1ccccc1. The number of halogens is 1. The molecule has 1 aliphatic rings. The van der Waals surface area contributed by atoms with Gasteiger partial charge >= 0.3 is 5.88 Å². The highest BCUT2D eigenvalue weighted by Gasteiger charge is 2.29. The Hall–Kier alpha value is -2.30. The van der Waals surface area contributed by atoms with Gasteiger partial charge in [-0.05, 0) is 17.7 Å². The summed E-state index contributed by atoms with van der Waals surface area (Å²) in [6.45, 7) is 3.31. The predicted octanol–water partition coefficient (Wildman–Crippen LogP) is 3.74. The molecule has 4 rings (SSSR count). The van der Waals surface area contributed by atoms with E-state index in [1.165, 1.54) is 5.39 Å². The Morgan fingerprint density at radius 1 is 1.08 bits per heavy atom. The zero-order chi connectivity index (χ0) is 17.8. The van der Waals surface area contributed by atoms with E-state index in [-0.39, 0.29) is 0 Å². The highest BCUT2D eigenvalue weighted by atomic mass is 35.5. The van der Waals surface area contributed by atoms with Gasteiger partial charge in [-0.15, -0.1) is 16.2 Å². The van der Waals surface area contributed by atoms with E-state index >= 15 is 0 Å². The molecule has 0 saturated heterocycles. The number of para-hydroxylation sites is 1. The van der Waals surface area contributed by atoms with Gasteiger partial charge in [-0.25, -0.2) is 0 Å². The summed E-state index contributed by atoms with van der Waals surface area (Å²) < 4.78 is 14.2. The number of nitrogens with zero attached hydrogens (tertiary/aromatic N) is 2. The van der Waals surface area contributed by atoms with Crippen LogP contribution in [-0.2, 0) is 18.1 Å². The van der Waals surface area contributed by atoms with E-state index in [9.17, 15) is 0 Å². The van der Waals surface area contributed by atoms with Crippen LogP contribution in [0.1, 0.15) is 5.56 Å². The quantitative estimate of drug-likeness (QED) is 0.489. The molecule has 0 N–H and O–H groups in total. The van der Waals surface area contributed by atoms with Crippen molar-refractivity contribution in [2.24, 2.45) is 0 Å². The van der Waals surface area contributed by atoms with Crippen molar-refractivity contribution in [3.63, 3.8) is 0 Å². The average Bonchev–Trinajstić information content (AvgIpc) is 2.69. The van der Waals surface area contributed by atoms with Crippen molar-refractivity contribution >= 4 is 28.2 Å². The smallest absolute Gasteiger partial charge is 0.394 e. The summed E-state index contributed by atoms with van der Waals surface area (Å²) in [5, 5.41) is 1.17. The van der Waals surface area contributed by atoms with Crippen molar-refractivity contribution in [3.05, 3.63) is 66.2 Å². The average molecular weight is 370 g/mol. The first kappa shape index (κ1) is 17.1. The summed E-state index contributed by atoms with van der Waals surface area (Å²) in [6, 6.07) is 20.7. The number of fused-ring (bicyclic) bond motifs is 2. The topological polar surface area (TPSA) is 25.6 Å². The Balaban J connectivity index is 1.67. The van der Waals surface area contributed by atoms with Gasteiger partial charge in [-0.2, -0.15) is 0 Å². The number of alkyl halides is 1. The molecular formula is C21H22ClN2O2+. The minimum atomic E-state index is 0.438. The van der Waals surface area contributed by atoms with Crippen LogP contribution in [0.4, 0.5) is 5.69 Å². The fraction of sp³-hybridized carbons (Fsp3) is 0.286. The first-order valence-corrected chi connectivity index (χ1v) is 9.41. The van der Waals surface area contributed by atoms with E-state index in [2.05, 4.69) is 45.9 Å². The van der Waals surface area contributed by atoms with Crippen molar-refractivity contribution in [1.29, 1.82) is 0 Å². The highest BCUT2D eigenvalue weighted by Crippen LogP contribution is 2.31. The Labute approximate surface area is 158 Å². The molecule has 0 spiro atoms. The molecule has 4 nitrogen and oxygen atoms in total. The van der Waals surface area contributed by atoms with Crippen molar-refractivity contribution < 1.29 is 14.0 Å². The highest BCUT2D eigenvalue weighted by molar-refractivity contribution is 6.18. The van der Waals surface area contributed by atoms with Crippen LogP contribution in [0.25, 0.3) is 10.9 Å². The second-order valence-corrected chi connectivity index (χ2v) is 6.69. The molecule has 0 radical (unpaired) electrons. The number of ether oxygens (including phenoxy) is 2. The number of hydrogen-bond acceptors (Lipinski definition) is 3. The minimum absolute atomic E-state index is 0.438. The van der Waals surface area contributed by atoms with Crippen LogP contribution in [-0.4, -0.2) is 25.6 Å². The lowest BCUT2D eigenvalue weighted by Gasteiger charge is -2.28. The third-order valence-corrected chi connectivity index (χ3v) is 4.78. The van der Waals surface area contributed by atoms with E-state index in [1.807, 2.05) is 24.3 Å². The van der Waals surface area contributed by atoms with E-state index in [4.69, 9.17) is 21.1 Å². The van der Waals surface area contributed by atoms with Crippen LogP contribution in [0, 0.1) is 0 Å². The zero-order valence-corrected chi connectivity index (χ0v) is 15.4. The number of anilines is 1. The van der Waals surface area contributed by atoms with E-state index in [0.717, 1.165) is 35.7 Å². The minimum Gasteiger partial charge on any atom is -0.441 e. The van der Waals surface area contributed by atoms with E-state index in [1.54, 1.807) is 0 Å². The molecule has 1 aromatic heterocycles. The first-order valence-electron chi connectivity index (χ1n) is 8.88. The van der Waals surface area contributed by atoms with Crippen LogP contribution < -0.4 is 14.2 Å². The number of pyridine rings is 1. The lowest BCUT2D eigenvalue weighted by molar-refractivity contribution is -0.714. The van der Waals surface area contributed by atoms with Gasteiger partial charge in [0.05, 0.1) is 13.2 Å². The summed E-state index contributed by atoms with van der Waals surface area (Å²) in [5.41, 5.74) is 3.35. The molecule has 0 fully saturated rings. The monoisotopic (exact) mass is 369 g/mol. The molecule has 0 aliphatic carbocycles. The summed E-state index contributed by atoms with van der Waals surface area (Å²) in [5.74, 6) is 1.45. The Morgan fingerprint density at radius 2 is 1.88 bits per heavy atom. The molecule has 0 bridgehead atoms. The van der Waals surface area contributed by atoms with Gasteiger partial charge in [0, 0.05) is 23.9 Å². The standard InChI is InChI=1S/C21H22ClN2O2/c22-10-11-23-12-13-26-21-20(23)14-18-8-4-5-9-19(18)24(21)16-25-15-17-6-2-1-3-7-17/h1-9,14H,10-13,15-16H2/q+1. The maximum absolute atomic E-state index is 6.04. The van der Waals surface area contributed by atoms with Crippen LogP contribution in [0.3, 0.4) is 0 Å². The molecule has 0 amide bonds. The van der Waals surface area contributed by atoms with Gasteiger partial charge in [0.1, 0.15) is 6.61 Å². The molecule has 134 valence electrons. The molecule has 3 aromatic rings. The Kier molecular flexibility index (Phi) is 5.23. The van der Waals surface area contributed by atoms with Gasteiger partial charge in [0.15, 0.2) is 5.69 Å². The van der Waals surface area contributed by atoms with E-state index in [0.29, 0.717) is 25.8 Å². The zero-order valence-electron chi connectivity index (χ0n) is 14.6. The summed E-state index contributed by atoms with van der Waals surface area (Å²) in [6.07, 6.45) is 0. The molecule has 5 heteroatoms. The Morgan fingerprint density at radius 3 is 2.73 bits per heavy atom. The van der Waals surface area contributed by atoms with Crippen molar-refractivity contribution in [1.82, 2.24) is 0 Å². The van der Waals surface area contributed by atoms with Gasteiger partial charge < -0.3 is 14.4 Å². The van der Waals surface area contributed by atoms with Crippen LogP contribution in [0.15, 0.2) is 60.7 Å². The predicted molar refractivity (Wildman–Crippen MR) is 104 cm³/mol. The number of aromatic nitrogens is 1. The fourth-order valence-corrected chi connectivity index (χ4v) is 3.56. The van der Waals surface area contributed by atoms with Crippen LogP contribution >= 0.6 is 11.6 Å². The second kappa shape index (κ2) is 7.94. The molecule has 0 atom stereocenters. The largest absolute Gasteiger partial charge is 0.441 e. The summed E-state index contributed by atoms with van der Waals surface area (Å²) in [7, 11) is 0. The summed E-state index contributed by atoms with van der Waals surface area (Å²) >= 11 is 6.00. The van der Waals surface area contributed by atoms with Gasteiger partial charge in [0.2, 0.25) is 5.52 Å². The molecular weight excluding hydrogens is 348 g/mol. The lowest BCUT2D eigenvalue weighted by Crippen LogP contribution is -2.44. The first-order chi connectivity index (χ1) is 12.9. The maximum atomic E-state index is 6.04. The molecule has 2 heterocycles. The van der Waals surface area contributed by atoms with E-state index < -0.39 is 0 Å². The van der Waals surface area contributed by atoms with Gasteiger partial charge in [0.25, 0.3) is 6.73 Å². The van der Waals surface area contributed by atoms with Crippen molar-refractivity contribution in [2.45, 2.75) is 13.3 Å². The second-order valence-electron chi connectivity index (χ2n) is 6.31. The molecule has 0 unspecified atom stereocenters.